The van der Waals surface area contributed by atoms with E-state index >= 15 is 0 Å². The summed E-state index contributed by atoms with van der Waals surface area (Å²) in [5, 5.41) is 6.76. The Labute approximate surface area is 127 Å². The van der Waals surface area contributed by atoms with Crippen LogP contribution in [0.5, 0.6) is 0 Å². The van der Waals surface area contributed by atoms with Gasteiger partial charge in [0.1, 0.15) is 12.7 Å². The van der Waals surface area contributed by atoms with Gasteiger partial charge in [-0.25, -0.2) is 9.97 Å². The second-order valence-corrected chi connectivity index (χ2v) is 6.02. The van der Waals surface area contributed by atoms with Crippen LogP contribution >= 0.6 is 11.3 Å². The lowest BCUT2D eigenvalue weighted by Crippen LogP contribution is -2.42. The van der Waals surface area contributed by atoms with Gasteiger partial charge in [-0.15, -0.1) is 11.3 Å². The maximum absolute atomic E-state index is 12.4. The van der Waals surface area contributed by atoms with Gasteiger partial charge in [-0.2, -0.15) is 5.10 Å². The Morgan fingerprint density at radius 3 is 3.19 bits per heavy atom. The van der Waals surface area contributed by atoms with Crippen LogP contribution in [0.15, 0.2) is 24.2 Å². The summed E-state index contributed by atoms with van der Waals surface area (Å²) in [6.07, 6.45) is 7.19. The monoisotopic (exact) mass is 306 g/mol. The van der Waals surface area contributed by atoms with Gasteiger partial charge in [-0.1, -0.05) is 0 Å². The van der Waals surface area contributed by atoms with Crippen molar-refractivity contribution in [1.82, 2.24) is 24.6 Å². The highest BCUT2D eigenvalue weighted by Crippen LogP contribution is 2.20. The van der Waals surface area contributed by atoms with Crippen molar-refractivity contribution in [3.63, 3.8) is 0 Å². The Bertz CT molecular complexity index is 570. The fourth-order valence-corrected chi connectivity index (χ4v) is 3.25. The van der Waals surface area contributed by atoms with Crippen molar-refractivity contribution in [1.29, 1.82) is 0 Å². The van der Waals surface area contributed by atoms with E-state index in [1.54, 1.807) is 30.8 Å². The fraction of sp³-hybridized carbons (Fsp3) is 0.538. The van der Waals surface area contributed by atoms with Crippen LogP contribution in [0.2, 0.25) is 0 Å². The fourth-order valence-electron chi connectivity index (χ4n) is 2.62. The minimum absolute atomic E-state index is 0.0791. The van der Waals surface area contributed by atoms with Crippen molar-refractivity contribution in [3.8, 4) is 0 Å². The molecular formula is C13H18N6OS. The summed E-state index contributed by atoms with van der Waals surface area (Å²) in [6.45, 7) is 2.17. The average Bonchev–Trinajstić information content (AvgIpc) is 3.21. The van der Waals surface area contributed by atoms with E-state index in [1.165, 1.54) is 11.3 Å². The SMILES string of the molecule is CN(C(=O)CN1CCC[C@H]1Cn1cncn1)c1nccs1. The van der Waals surface area contributed by atoms with E-state index < -0.39 is 0 Å². The molecule has 0 bridgehead atoms. The predicted molar refractivity (Wildman–Crippen MR) is 80.1 cm³/mol. The van der Waals surface area contributed by atoms with Gasteiger partial charge in [0.15, 0.2) is 5.13 Å². The van der Waals surface area contributed by atoms with E-state index in [9.17, 15) is 4.79 Å². The number of hydrogen-bond donors (Lipinski definition) is 0. The molecule has 0 aliphatic carbocycles. The topological polar surface area (TPSA) is 67.2 Å². The van der Waals surface area contributed by atoms with Crippen LogP contribution in [0, 0.1) is 0 Å². The molecule has 112 valence electrons. The number of carbonyl (C=O) groups excluding carboxylic acids is 1. The molecule has 2 aromatic heterocycles. The molecular weight excluding hydrogens is 288 g/mol. The van der Waals surface area contributed by atoms with Gasteiger partial charge in [-0.05, 0) is 19.4 Å². The lowest BCUT2D eigenvalue weighted by molar-refractivity contribution is -0.119. The molecule has 1 atom stereocenters. The lowest BCUT2D eigenvalue weighted by Gasteiger charge is -2.25. The highest BCUT2D eigenvalue weighted by molar-refractivity contribution is 7.13. The van der Waals surface area contributed by atoms with E-state index in [0.29, 0.717) is 12.6 Å². The molecule has 0 aromatic carbocycles. The summed E-state index contributed by atoms with van der Waals surface area (Å²) in [7, 11) is 1.78. The van der Waals surface area contributed by atoms with E-state index in [2.05, 4.69) is 20.0 Å². The lowest BCUT2D eigenvalue weighted by atomic mass is 10.2. The molecule has 1 saturated heterocycles. The maximum atomic E-state index is 12.4. The smallest absolute Gasteiger partial charge is 0.242 e. The zero-order valence-electron chi connectivity index (χ0n) is 11.9. The van der Waals surface area contributed by atoms with Crippen molar-refractivity contribution in [2.75, 3.05) is 25.0 Å². The third kappa shape index (κ3) is 3.27. The van der Waals surface area contributed by atoms with Gasteiger partial charge < -0.3 is 0 Å². The Kier molecular flexibility index (Phi) is 4.26. The van der Waals surface area contributed by atoms with Crippen LogP contribution in [0.25, 0.3) is 0 Å². The molecule has 1 aliphatic heterocycles. The third-order valence-corrected chi connectivity index (χ3v) is 4.63. The zero-order chi connectivity index (χ0) is 14.7. The maximum Gasteiger partial charge on any atom is 0.242 e. The van der Waals surface area contributed by atoms with Gasteiger partial charge in [-0.3, -0.25) is 19.3 Å². The Morgan fingerprint density at radius 2 is 2.48 bits per heavy atom. The molecule has 21 heavy (non-hydrogen) atoms. The molecule has 3 heterocycles. The number of rotatable bonds is 5. The van der Waals surface area contributed by atoms with Crippen LogP contribution in [-0.4, -0.2) is 56.7 Å². The molecule has 2 aromatic rings. The summed E-state index contributed by atoms with van der Waals surface area (Å²) in [6, 6.07) is 0.348. The molecule has 1 aliphatic rings. The Balaban J connectivity index is 1.59. The Hall–Kier alpha value is -1.80. The van der Waals surface area contributed by atoms with E-state index in [4.69, 9.17) is 0 Å². The average molecular weight is 306 g/mol. The van der Waals surface area contributed by atoms with Gasteiger partial charge in [0.05, 0.1) is 13.1 Å². The van der Waals surface area contributed by atoms with Crippen molar-refractivity contribution in [2.45, 2.75) is 25.4 Å². The molecule has 8 heteroatoms. The number of carbonyl (C=O) groups is 1. The molecule has 7 nitrogen and oxygen atoms in total. The molecule has 0 saturated carbocycles. The van der Waals surface area contributed by atoms with Gasteiger partial charge in [0.2, 0.25) is 5.91 Å². The van der Waals surface area contributed by atoms with E-state index in [-0.39, 0.29) is 5.91 Å². The summed E-state index contributed by atoms with van der Waals surface area (Å²) >= 11 is 1.47. The number of likely N-dealkylation sites (tertiary alicyclic amines) is 1. The number of anilines is 1. The van der Waals surface area contributed by atoms with Crippen LogP contribution in [-0.2, 0) is 11.3 Å². The third-order valence-electron chi connectivity index (χ3n) is 3.78. The highest BCUT2D eigenvalue weighted by Gasteiger charge is 2.28. The molecule has 3 rings (SSSR count). The molecule has 1 fully saturated rings. The molecule has 0 N–H and O–H groups in total. The van der Waals surface area contributed by atoms with Gasteiger partial charge >= 0.3 is 0 Å². The first-order chi connectivity index (χ1) is 10.2. The second kappa shape index (κ2) is 6.31. The number of nitrogens with zero attached hydrogens (tertiary/aromatic N) is 6. The number of aromatic nitrogens is 4. The van der Waals surface area contributed by atoms with Gasteiger partial charge in [0.25, 0.3) is 0 Å². The Morgan fingerprint density at radius 1 is 1.57 bits per heavy atom. The highest BCUT2D eigenvalue weighted by atomic mass is 32.1. The number of hydrogen-bond acceptors (Lipinski definition) is 6. The first-order valence-corrected chi connectivity index (χ1v) is 7.84. The largest absolute Gasteiger partial charge is 0.290 e. The standard InChI is InChI=1S/C13H18N6OS/c1-17(13-15-4-6-21-13)12(20)8-18-5-2-3-11(18)7-19-10-14-9-16-19/h4,6,9-11H,2-3,5,7-8H2,1H3/t11-/m0/s1. The van der Waals surface area contributed by atoms with E-state index in [0.717, 1.165) is 31.1 Å². The molecule has 1 amide bonds. The molecule has 0 unspecified atom stereocenters. The summed E-state index contributed by atoms with van der Waals surface area (Å²) in [5.41, 5.74) is 0. The van der Waals surface area contributed by atoms with Crippen LogP contribution in [0.1, 0.15) is 12.8 Å². The van der Waals surface area contributed by atoms with Crippen LogP contribution < -0.4 is 4.90 Å². The minimum atomic E-state index is 0.0791. The van der Waals surface area contributed by atoms with Crippen LogP contribution in [0.4, 0.5) is 5.13 Å². The first kappa shape index (κ1) is 14.2. The van der Waals surface area contributed by atoms with Crippen molar-refractivity contribution in [3.05, 3.63) is 24.2 Å². The first-order valence-electron chi connectivity index (χ1n) is 6.96. The number of amides is 1. The number of thiazole rings is 1. The zero-order valence-corrected chi connectivity index (χ0v) is 12.7. The van der Waals surface area contributed by atoms with Crippen molar-refractivity contribution >= 4 is 22.4 Å². The normalized spacial score (nSPS) is 19.0. The summed E-state index contributed by atoms with van der Waals surface area (Å²) in [5.74, 6) is 0.0791. The molecule has 0 radical (unpaired) electrons. The van der Waals surface area contributed by atoms with Crippen molar-refractivity contribution in [2.24, 2.45) is 0 Å². The summed E-state index contributed by atoms with van der Waals surface area (Å²) < 4.78 is 1.83. The van der Waals surface area contributed by atoms with E-state index in [1.807, 2.05) is 10.1 Å². The quantitative estimate of drug-likeness (QED) is 0.820. The number of likely N-dealkylation sites (N-methyl/N-ethyl adjacent to an activating group) is 1. The predicted octanol–water partition coefficient (Wildman–Crippen LogP) is 0.862. The van der Waals surface area contributed by atoms with Crippen molar-refractivity contribution < 1.29 is 4.79 Å². The van der Waals surface area contributed by atoms with Crippen LogP contribution in [0.3, 0.4) is 0 Å². The molecule has 0 spiro atoms. The summed E-state index contributed by atoms with van der Waals surface area (Å²) in [4.78, 5) is 24.4. The second-order valence-electron chi connectivity index (χ2n) is 5.15. The van der Waals surface area contributed by atoms with Gasteiger partial charge in [0, 0.05) is 24.7 Å². The minimum Gasteiger partial charge on any atom is -0.290 e.